The van der Waals surface area contributed by atoms with Crippen molar-refractivity contribution in [2.45, 2.75) is 11.3 Å². The number of carbonyl (C=O) groups is 2. The van der Waals surface area contributed by atoms with Crippen LogP contribution in [0.5, 0.6) is 0 Å². The van der Waals surface area contributed by atoms with E-state index in [0.29, 0.717) is 11.3 Å². The summed E-state index contributed by atoms with van der Waals surface area (Å²) in [5.74, 6) is -0.991. The van der Waals surface area contributed by atoms with E-state index in [1.807, 2.05) is 0 Å². The van der Waals surface area contributed by atoms with E-state index in [0.717, 1.165) is 0 Å². The molecule has 0 aliphatic rings. The molecule has 0 saturated heterocycles. The molecule has 0 radical (unpaired) electrons. The molecule has 0 aliphatic carbocycles. The van der Waals surface area contributed by atoms with Gasteiger partial charge in [0.2, 0.25) is 5.91 Å². The topological polar surface area (TPSA) is 117 Å². The molecular formula is C20H16Cl2N4O4S. The maximum Gasteiger partial charge on any atom is 0.288 e. The minimum atomic E-state index is -3.86. The first-order valence-corrected chi connectivity index (χ1v) is 11.1. The number of nitrogens with one attached hydrogen (secondary N) is 3. The summed E-state index contributed by atoms with van der Waals surface area (Å²) in [5.41, 5.74) is 5.66. The first-order chi connectivity index (χ1) is 14.7. The lowest BCUT2D eigenvalue weighted by Crippen LogP contribution is -2.42. The van der Waals surface area contributed by atoms with E-state index in [2.05, 4.69) is 20.6 Å². The van der Waals surface area contributed by atoms with Crippen molar-refractivity contribution in [1.82, 2.24) is 15.8 Å². The smallest absolute Gasteiger partial charge is 0.280 e. The largest absolute Gasteiger partial charge is 0.288 e. The van der Waals surface area contributed by atoms with E-state index in [1.165, 1.54) is 42.6 Å². The van der Waals surface area contributed by atoms with E-state index in [9.17, 15) is 18.0 Å². The van der Waals surface area contributed by atoms with Gasteiger partial charge in [0.1, 0.15) is 5.69 Å². The molecule has 3 rings (SSSR count). The van der Waals surface area contributed by atoms with Crippen molar-refractivity contribution >= 4 is 50.7 Å². The zero-order chi connectivity index (χ0) is 22.4. The molecular weight excluding hydrogens is 463 g/mol. The summed E-state index contributed by atoms with van der Waals surface area (Å²) < 4.78 is 27.4. The number of hydrogen-bond donors (Lipinski definition) is 3. The molecule has 1 heterocycles. The Balaban J connectivity index is 1.56. The second kappa shape index (κ2) is 9.78. The summed E-state index contributed by atoms with van der Waals surface area (Å²) in [6.07, 6.45) is 1.44. The number of pyridine rings is 1. The fourth-order valence-corrected chi connectivity index (χ4v) is 3.91. The highest BCUT2D eigenvalue weighted by atomic mass is 35.5. The molecule has 3 N–H and O–H groups in total. The quantitative estimate of drug-likeness (QED) is 0.470. The molecule has 0 spiro atoms. The van der Waals surface area contributed by atoms with Crippen molar-refractivity contribution in [2.75, 3.05) is 4.72 Å². The van der Waals surface area contributed by atoms with E-state index >= 15 is 0 Å². The standard InChI is InChI=1S/C20H16Cl2N4O4S/c21-16-9-8-15(12-17(16)22)31(29,30)26-14-6-4-13(5-7-14)11-19(27)24-25-20(28)18-3-1-2-10-23-18/h1-10,12,26H,11H2,(H,24,27)(H,25,28). The number of amides is 2. The minimum Gasteiger partial charge on any atom is -0.280 e. The van der Waals surface area contributed by atoms with E-state index in [4.69, 9.17) is 23.2 Å². The van der Waals surface area contributed by atoms with E-state index in [1.54, 1.807) is 24.3 Å². The number of sulfonamides is 1. The van der Waals surface area contributed by atoms with Crippen molar-refractivity contribution < 1.29 is 18.0 Å². The van der Waals surface area contributed by atoms with Crippen molar-refractivity contribution in [1.29, 1.82) is 0 Å². The Labute approximate surface area is 188 Å². The van der Waals surface area contributed by atoms with Crippen LogP contribution in [0.2, 0.25) is 10.0 Å². The third-order valence-electron chi connectivity index (χ3n) is 3.99. The Morgan fingerprint density at radius 1 is 0.903 bits per heavy atom. The Bertz CT molecular complexity index is 1200. The summed E-state index contributed by atoms with van der Waals surface area (Å²) in [4.78, 5) is 27.7. The molecule has 0 unspecified atom stereocenters. The van der Waals surface area contributed by atoms with Crippen LogP contribution >= 0.6 is 23.2 Å². The predicted octanol–water partition coefficient (Wildman–Crippen LogP) is 3.19. The molecule has 31 heavy (non-hydrogen) atoms. The molecule has 0 fully saturated rings. The highest BCUT2D eigenvalue weighted by molar-refractivity contribution is 7.92. The molecule has 0 atom stereocenters. The summed E-state index contributed by atoms with van der Waals surface area (Å²) >= 11 is 11.7. The van der Waals surface area contributed by atoms with Gasteiger partial charge in [-0.3, -0.25) is 30.1 Å². The van der Waals surface area contributed by atoms with Crippen LogP contribution in [0.15, 0.2) is 71.8 Å². The fraction of sp³-hybridized carbons (Fsp3) is 0.0500. The van der Waals surface area contributed by atoms with Crippen LogP contribution in [-0.4, -0.2) is 25.2 Å². The molecule has 0 saturated carbocycles. The van der Waals surface area contributed by atoms with Gasteiger partial charge in [-0.15, -0.1) is 0 Å². The lowest BCUT2D eigenvalue weighted by Gasteiger charge is -2.10. The summed E-state index contributed by atoms with van der Waals surface area (Å²) in [5, 5.41) is 0.375. The van der Waals surface area contributed by atoms with Crippen molar-refractivity contribution in [3.63, 3.8) is 0 Å². The van der Waals surface area contributed by atoms with Gasteiger partial charge in [0.05, 0.1) is 21.4 Å². The van der Waals surface area contributed by atoms with Gasteiger partial charge in [0.15, 0.2) is 0 Å². The van der Waals surface area contributed by atoms with Gasteiger partial charge < -0.3 is 0 Å². The van der Waals surface area contributed by atoms with Gasteiger partial charge >= 0.3 is 0 Å². The highest BCUT2D eigenvalue weighted by Gasteiger charge is 2.16. The third-order valence-corrected chi connectivity index (χ3v) is 6.10. The van der Waals surface area contributed by atoms with Crippen LogP contribution < -0.4 is 15.6 Å². The molecule has 2 aromatic carbocycles. The second-order valence-corrected chi connectivity index (χ2v) is 8.77. The van der Waals surface area contributed by atoms with Gasteiger partial charge in [-0.25, -0.2) is 8.42 Å². The highest BCUT2D eigenvalue weighted by Crippen LogP contribution is 2.26. The molecule has 160 valence electrons. The van der Waals surface area contributed by atoms with Gasteiger partial charge in [0, 0.05) is 11.9 Å². The SMILES string of the molecule is O=C(Cc1ccc(NS(=O)(=O)c2ccc(Cl)c(Cl)c2)cc1)NNC(=O)c1ccccn1. The summed E-state index contributed by atoms with van der Waals surface area (Å²) in [6.45, 7) is 0. The maximum atomic E-state index is 12.5. The first-order valence-electron chi connectivity index (χ1n) is 8.81. The normalized spacial score (nSPS) is 10.9. The average molecular weight is 479 g/mol. The van der Waals surface area contributed by atoms with Crippen LogP contribution in [0.4, 0.5) is 5.69 Å². The van der Waals surface area contributed by atoms with Crippen LogP contribution in [0, 0.1) is 0 Å². The number of anilines is 1. The Morgan fingerprint density at radius 2 is 1.65 bits per heavy atom. The molecule has 8 nitrogen and oxygen atoms in total. The zero-order valence-electron chi connectivity index (χ0n) is 15.8. The second-order valence-electron chi connectivity index (χ2n) is 6.27. The van der Waals surface area contributed by atoms with Gasteiger partial charge in [0.25, 0.3) is 15.9 Å². The first kappa shape index (κ1) is 22.5. The Hall–Kier alpha value is -3.14. The van der Waals surface area contributed by atoms with E-state index in [-0.39, 0.29) is 27.1 Å². The number of aromatic nitrogens is 1. The van der Waals surface area contributed by atoms with Crippen molar-refractivity contribution in [2.24, 2.45) is 0 Å². The lowest BCUT2D eigenvalue weighted by molar-refractivity contribution is -0.121. The van der Waals surface area contributed by atoms with Crippen LogP contribution in [0.3, 0.4) is 0 Å². The fourth-order valence-electron chi connectivity index (χ4n) is 2.47. The van der Waals surface area contributed by atoms with Crippen LogP contribution in [-0.2, 0) is 21.2 Å². The average Bonchev–Trinajstić information content (AvgIpc) is 2.75. The lowest BCUT2D eigenvalue weighted by atomic mass is 10.1. The minimum absolute atomic E-state index is 0.0255. The number of carbonyl (C=O) groups excluding carboxylic acids is 2. The number of halogens is 2. The Kier molecular flexibility index (Phi) is 7.11. The van der Waals surface area contributed by atoms with Crippen LogP contribution in [0.25, 0.3) is 0 Å². The number of hydrogen-bond acceptors (Lipinski definition) is 5. The van der Waals surface area contributed by atoms with Crippen LogP contribution in [0.1, 0.15) is 16.1 Å². The summed E-state index contributed by atoms with van der Waals surface area (Å²) in [7, 11) is -3.86. The number of rotatable bonds is 6. The van der Waals surface area contributed by atoms with Crippen molar-refractivity contribution in [3.8, 4) is 0 Å². The maximum absolute atomic E-state index is 12.5. The molecule has 0 aliphatic heterocycles. The molecule has 1 aromatic heterocycles. The third kappa shape index (κ3) is 6.17. The Morgan fingerprint density at radius 3 is 2.29 bits per heavy atom. The van der Waals surface area contributed by atoms with Crippen molar-refractivity contribution in [3.05, 3.63) is 88.2 Å². The zero-order valence-corrected chi connectivity index (χ0v) is 18.1. The number of nitrogens with zero attached hydrogens (tertiary/aromatic N) is 1. The molecule has 0 bridgehead atoms. The molecule has 3 aromatic rings. The monoisotopic (exact) mass is 478 g/mol. The molecule has 2 amide bonds. The van der Waals surface area contributed by atoms with Gasteiger partial charge in [-0.05, 0) is 48.0 Å². The van der Waals surface area contributed by atoms with E-state index < -0.39 is 21.8 Å². The van der Waals surface area contributed by atoms with Gasteiger partial charge in [-0.2, -0.15) is 0 Å². The number of hydrazine groups is 1. The predicted molar refractivity (Wildman–Crippen MR) is 117 cm³/mol. The number of benzene rings is 2. The summed E-state index contributed by atoms with van der Waals surface area (Å²) in [6, 6.07) is 15.0. The van der Waals surface area contributed by atoms with Gasteiger partial charge in [-0.1, -0.05) is 41.4 Å². The molecule has 11 heteroatoms.